The van der Waals surface area contributed by atoms with Gasteiger partial charge in [-0.15, -0.1) is 0 Å². The standard InChI is InChI=1S/C10H13BrN2/c1-13(2)10-6-9-7(3-4-12-9)5-8(10)11/h5-6,12H,3-4H2,1-2H3. The van der Waals surface area contributed by atoms with Crippen LogP contribution in [0.15, 0.2) is 16.6 Å². The Labute approximate surface area is 87.1 Å². The van der Waals surface area contributed by atoms with E-state index in [1.807, 2.05) is 0 Å². The van der Waals surface area contributed by atoms with Gasteiger partial charge in [0.2, 0.25) is 0 Å². The average molecular weight is 241 g/mol. The molecule has 1 aromatic carbocycles. The van der Waals surface area contributed by atoms with Crippen LogP contribution in [0.2, 0.25) is 0 Å². The van der Waals surface area contributed by atoms with Gasteiger partial charge in [0.1, 0.15) is 0 Å². The van der Waals surface area contributed by atoms with Gasteiger partial charge in [-0.25, -0.2) is 0 Å². The van der Waals surface area contributed by atoms with Crippen molar-refractivity contribution in [1.82, 2.24) is 0 Å². The van der Waals surface area contributed by atoms with E-state index >= 15 is 0 Å². The maximum absolute atomic E-state index is 3.58. The predicted octanol–water partition coefficient (Wildman–Crippen LogP) is 2.48. The molecule has 0 spiro atoms. The summed E-state index contributed by atoms with van der Waals surface area (Å²) in [5, 5.41) is 3.38. The molecule has 0 aliphatic carbocycles. The minimum Gasteiger partial charge on any atom is -0.384 e. The third kappa shape index (κ3) is 1.53. The fourth-order valence-electron chi connectivity index (χ4n) is 1.65. The highest BCUT2D eigenvalue weighted by Crippen LogP contribution is 2.33. The number of nitrogens with zero attached hydrogens (tertiary/aromatic N) is 1. The van der Waals surface area contributed by atoms with E-state index in [1.165, 1.54) is 21.4 Å². The Bertz CT molecular complexity index is 334. The van der Waals surface area contributed by atoms with Gasteiger partial charge in [-0.3, -0.25) is 0 Å². The molecule has 0 saturated carbocycles. The predicted molar refractivity (Wildman–Crippen MR) is 60.7 cm³/mol. The Morgan fingerprint density at radius 1 is 1.38 bits per heavy atom. The molecule has 13 heavy (non-hydrogen) atoms. The van der Waals surface area contributed by atoms with Crippen molar-refractivity contribution >= 4 is 27.3 Å². The lowest BCUT2D eigenvalue weighted by Gasteiger charge is -2.16. The molecular formula is C10H13BrN2. The van der Waals surface area contributed by atoms with Gasteiger partial charge in [0.15, 0.2) is 0 Å². The second kappa shape index (κ2) is 3.22. The molecule has 1 aliphatic heterocycles. The van der Waals surface area contributed by atoms with Crippen molar-refractivity contribution in [3.63, 3.8) is 0 Å². The van der Waals surface area contributed by atoms with Gasteiger partial charge in [0.25, 0.3) is 0 Å². The van der Waals surface area contributed by atoms with E-state index in [2.05, 4.69) is 52.4 Å². The summed E-state index contributed by atoms with van der Waals surface area (Å²) in [5.41, 5.74) is 3.93. The molecule has 0 aromatic heterocycles. The highest BCUT2D eigenvalue weighted by molar-refractivity contribution is 9.10. The van der Waals surface area contributed by atoms with Gasteiger partial charge in [-0.2, -0.15) is 0 Å². The fraction of sp³-hybridized carbons (Fsp3) is 0.400. The molecule has 0 radical (unpaired) electrons. The summed E-state index contributed by atoms with van der Waals surface area (Å²) in [6, 6.07) is 4.41. The van der Waals surface area contributed by atoms with Crippen LogP contribution in [0.5, 0.6) is 0 Å². The van der Waals surface area contributed by atoms with Crippen LogP contribution in [0.1, 0.15) is 5.56 Å². The van der Waals surface area contributed by atoms with Crippen molar-refractivity contribution in [1.29, 1.82) is 0 Å². The first-order valence-corrected chi connectivity index (χ1v) is 5.21. The van der Waals surface area contributed by atoms with Gasteiger partial charge < -0.3 is 10.2 Å². The largest absolute Gasteiger partial charge is 0.384 e. The molecule has 0 amide bonds. The molecule has 0 unspecified atom stereocenters. The normalized spacial score (nSPS) is 13.8. The van der Waals surface area contributed by atoms with Crippen LogP contribution in [0, 0.1) is 0 Å². The number of hydrogen-bond donors (Lipinski definition) is 1. The highest BCUT2D eigenvalue weighted by Gasteiger charge is 2.13. The molecular weight excluding hydrogens is 228 g/mol. The molecule has 0 fully saturated rings. The summed E-state index contributed by atoms with van der Waals surface area (Å²) >= 11 is 3.58. The Morgan fingerprint density at radius 2 is 2.15 bits per heavy atom. The topological polar surface area (TPSA) is 15.3 Å². The third-order valence-electron chi connectivity index (χ3n) is 2.36. The van der Waals surface area contributed by atoms with Crippen molar-refractivity contribution in [2.75, 3.05) is 30.9 Å². The summed E-state index contributed by atoms with van der Waals surface area (Å²) in [6.07, 6.45) is 1.14. The lowest BCUT2D eigenvalue weighted by Crippen LogP contribution is -2.09. The molecule has 2 rings (SSSR count). The number of nitrogens with one attached hydrogen (secondary N) is 1. The zero-order valence-corrected chi connectivity index (χ0v) is 9.48. The average Bonchev–Trinajstić information content (AvgIpc) is 2.48. The summed E-state index contributed by atoms with van der Waals surface area (Å²) in [4.78, 5) is 2.12. The van der Waals surface area contributed by atoms with Crippen LogP contribution >= 0.6 is 15.9 Å². The smallest absolute Gasteiger partial charge is 0.0526 e. The van der Waals surface area contributed by atoms with Crippen LogP contribution in [-0.2, 0) is 6.42 Å². The molecule has 70 valence electrons. The van der Waals surface area contributed by atoms with Crippen molar-refractivity contribution in [2.24, 2.45) is 0 Å². The third-order valence-corrected chi connectivity index (χ3v) is 3.00. The minimum absolute atomic E-state index is 1.07. The quantitative estimate of drug-likeness (QED) is 0.812. The van der Waals surface area contributed by atoms with Crippen molar-refractivity contribution in [3.05, 3.63) is 22.2 Å². The minimum atomic E-state index is 1.07. The van der Waals surface area contributed by atoms with Gasteiger partial charge in [0, 0.05) is 30.8 Å². The summed E-state index contributed by atoms with van der Waals surface area (Å²) < 4.78 is 1.18. The van der Waals surface area contributed by atoms with E-state index in [1.54, 1.807) is 0 Å². The van der Waals surface area contributed by atoms with E-state index in [4.69, 9.17) is 0 Å². The number of anilines is 2. The lowest BCUT2D eigenvalue weighted by molar-refractivity contribution is 1.10. The second-order valence-electron chi connectivity index (χ2n) is 3.53. The zero-order chi connectivity index (χ0) is 9.42. The fourth-order valence-corrected chi connectivity index (χ4v) is 2.39. The summed E-state index contributed by atoms with van der Waals surface area (Å²) in [6.45, 7) is 1.07. The van der Waals surface area contributed by atoms with Crippen molar-refractivity contribution in [3.8, 4) is 0 Å². The maximum Gasteiger partial charge on any atom is 0.0526 e. The lowest BCUT2D eigenvalue weighted by atomic mass is 10.1. The van der Waals surface area contributed by atoms with E-state index in [-0.39, 0.29) is 0 Å². The van der Waals surface area contributed by atoms with Crippen LogP contribution in [0.4, 0.5) is 11.4 Å². The Hall–Kier alpha value is -0.700. The van der Waals surface area contributed by atoms with Crippen LogP contribution in [0.25, 0.3) is 0 Å². The van der Waals surface area contributed by atoms with E-state index in [0.29, 0.717) is 0 Å². The molecule has 0 bridgehead atoms. The Kier molecular flexibility index (Phi) is 2.20. The number of halogens is 1. The van der Waals surface area contributed by atoms with Crippen LogP contribution in [-0.4, -0.2) is 20.6 Å². The van der Waals surface area contributed by atoms with Crippen molar-refractivity contribution < 1.29 is 0 Å². The SMILES string of the molecule is CN(C)c1cc2c(cc1Br)CCN2. The van der Waals surface area contributed by atoms with Crippen LogP contribution < -0.4 is 10.2 Å². The van der Waals surface area contributed by atoms with Gasteiger partial charge in [0.05, 0.1) is 5.69 Å². The number of fused-ring (bicyclic) bond motifs is 1. The zero-order valence-electron chi connectivity index (χ0n) is 7.89. The molecule has 0 saturated heterocycles. The molecule has 1 heterocycles. The highest BCUT2D eigenvalue weighted by atomic mass is 79.9. The number of benzene rings is 1. The summed E-state index contributed by atoms with van der Waals surface area (Å²) in [7, 11) is 4.11. The van der Waals surface area contributed by atoms with Gasteiger partial charge >= 0.3 is 0 Å². The number of hydrogen-bond acceptors (Lipinski definition) is 2. The number of rotatable bonds is 1. The van der Waals surface area contributed by atoms with Crippen molar-refractivity contribution in [2.45, 2.75) is 6.42 Å². The Morgan fingerprint density at radius 3 is 2.85 bits per heavy atom. The molecule has 1 N–H and O–H groups in total. The molecule has 2 nitrogen and oxygen atoms in total. The first-order valence-electron chi connectivity index (χ1n) is 4.42. The molecule has 1 aliphatic rings. The molecule has 1 aromatic rings. The monoisotopic (exact) mass is 240 g/mol. The molecule has 3 heteroatoms. The van der Waals surface area contributed by atoms with E-state index in [9.17, 15) is 0 Å². The van der Waals surface area contributed by atoms with Gasteiger partial charge in [-0.05, 0) is 40.0 Å². The second-order valence-corrected chi connectivity index (χ2v) is 4.39. The van der Waals surface area contributed by atoms with Gasteiger partial charge in [-0.1, -0.05) is 0 Å². The summed E-state index contributed by atoms with van der Waals surface area (Å²) in [5.74, 6) is 0. The maximum atomic E-state index is 3.58. The Balaban J connectivity index is 2.49. The van der Waals surface area contributed by atoms with Crippen LogP contribution in [0.3, 0.4) is 0 Å². The molecule has 0 atom stereocenters. The van der Waals surface area contributed by atoms with E-state index < -0.39 is 0 Å². The first-order chi connectivity index (χ1) is 6.18. The first kappa shape index (κ1) is 8.88. The van der Waals surface area contributed by atoms with E-state index in [0.717, 1.165) is 13.0 Å².